The summed E-state index contributed by atoms with van der Waals surface area (Å²) in [5.74, 6) is 0.722. The first-order valence-corrected chi connectivity index (χ1v) is 5.02. The van der Waals surface area contributed by atoms with E-state index in [0.29, 0.717) is 6.10 Å². The summed E-state index contributed by atoms with van der Waals surface area (Å²) in [4.78, 5) is 0. The highest BCUT2D eigenvalue weighted by Crippen LogP contribution is 2.23. The summed E-state index contributed by atoms with van der Waals surface area (Å²) in [5.41, 5.74) is 1.44. The van der Waals surface area contributed by atoms with Crippen LogP contribution in [0.4, 0.5) is 0 Å². The lowest BCUT2D eigenvalue weighted by molar-refractivity contribution is 0.331. The lowest BCUT2D eigenvalue weighted by Crippen LogP contribution is -2.04. The number of hydrogen-bond donors (Lipinski definition) is 0. The molecule has 0 saturated carbocycles. The summed E-state index contributed by atoms with van der Waals surface area (Å²) in [5, 5.41) is 0. The molecule has 0 N–H and O–H groups in total. The van der Waals surface area contributed by atoms with Gasteiger partial charge in [0.05, 0.1) is 12.7 Å². The van der Waals surface area contributed by atoms with Gasteiger partial charge in [-0.25, -0.2) is 0 Å². The molecule has 0 bridgehead atoms. The van der Waals surface area contributed by atoms with Crippen molar-refractivity contribution < 1.29 is 4.74 Å². The number of aryl methyl sites for hydroxylation is 1. The van der Waals surface area contributed by atoms with Gasteiger partial charge in [-0.2, -0.15) is 0 Å². The normalized spacial score (nSPS) is 22.7. The van der Waals surface area contributed by atoms with Gasteiger partial charge in [0.25, 0.3) is 0 Å². The van der Waals surface area contributed by atoms with Crippen LogP contribution in [0.25, 0.3) is 0 Å². The van der Waals surface area contributed by atoms with Crippen LogP contribution in [0.15, 0.2) is 30.3 Å². The van der Waals surface area contributed by atoms with E-state index in [1.54, 1.807) is 0 Å². The number of benzene rings is 1. The smallest absolute Gasteiger partial charge is 0.0835 e. The standard InChI is InChI=1S/C12H16O/c1-10(12-9-13-12)7-8-11-5-3-2-4-6-11/h2-6,10,12H,7-9H2,1H3/t10-,12+/m0/s1. The van der Waals surface area contributed by atoms with E-state index < -0.39 is 0 Å². The van der Waals surface area contributed by atoms with Crippen molar-refractivity contribution in [3.05, 3.63) is 35.9 Å². The van der Waals surface area contributed by atoms with Crippen LogP contribution in [0.3, 0.4) is 0 Å². The Morgan fingerprint density at radius 3 is 2.69 bits per heavy atom. The van der Waals surface area contributed by atoms with E-state index in [-0.39, 0.29) is 0 Å². The first kappa shape index (κ1) is 8.76. The topological polar surface area (TPSA) is 12.5 Å². The molecule has 1 aromatic rings. The highest BCUT2D eigenvalue weighted by atomic mass is 16.6. The van der Waals surface area contributed by atoms with E-state index in [2.05, 4.69) is 37.3 Å². The average Bonchev–Trinajstić information content (AvgIpc) is 2.99. The Bertz CT molecular complexity index is 251. The predicted octanol–water partition coefficient (Wildman–Crippen LogP) is 2.65. The molecule has 1 aliphatic heterocycles. The molecule has 1 aliphatic rings. The van der Waals surface area contributed by atoms with E-state index in [0.717, 1.165) is 12.5 Å². The van der Waals surface area contributed by atoms with Gasteiger partial charge < -0.3 is 4.74 Å². The SMILES string of the molecule is C[C@@H](CCc1ccccc1)[C@H]1CO1. The Morgan fingerprint density at radius 2 is 2.08 bits per heavy atom. The number of ether oxygens (including phenoxy) is 1. The highest BCUT2D eigenvalue weighted by molar-refractivity contribution is 5.14. The molecule has 0 radical (unpaired) electrons. The first-order chi connectivity index (χ1) is 6.36. The van der Waals surface area contributed by atoms with Gasteiger partial charge >= 0.3 is 0 Å². The zero-order valence-electron chi connectivity index (χ0n) is 8.07. The van der Waals surface area contributed by atoms with Crippen LogP contribution in [-0.4, -0.2) is 12.7 Å². The monoisotopic (exact) mass is 176 g/mol. The number of epoxide rings is 1. The van der Waals surface area contributed by atoms with E-state index in [4.69, 9.17) is 4.74 Å². The van der Waals surface area contributed by atoms with Gasteiger partial charge in [0.2, 0.25) is 0 Å². The molecule has 0 unspecified atom stereocenters. The van der Waals surface area contributed by atoms with Crippen molar-refractivity contribution in [2.45, 2.75) is 25.9 Å². The van der Waals surface area contributed by atoms with Crippen LogP contribution in [0, 0.1) is 5.92 Å². The molecule has 1 heterocycles. The molecular formula is C12H16O. The van der Waals surface area contributed by atoms with Crippen LogP contribution >= 0.6 is 0 Å². The molecule has 2 rings (SSSR count). The summed E-state index contributed by atoms with van der Waals surface area (Å²) < 4.78 is 5.26. The summed E-state index contributed by atoms with van der Waals surface area (Å²) >= 11 is 0. The quantitative estimate of drug-likeness (QED) is 0.642. The molecule has 70 valence electrons. The van der Waals surface area contributed by atoms with Gasteiger partial charge in [-0.05, 0) is 24.3 Å². The molecule has 0 spiro atoms. The summed E-state index contributed by atoms with van der Waals surface area (Å²) in [6.07, 6.45) is 2.99. The maximum atomic E-state index is 5.26. The fourth-order valence-corrected chi connectivity index (χ4v) is 1.61. The average molecular weight is 176 g/mol. The Morgan fingerprint density at radius 1 is 1.38 bits per heavy atom. The molecule has 0 amide bonds. The first-order valence-electron chi connectivity index (χ1n) is 5.02. The minimum absolute atomic E-state index is 0.559. The van der Waals surface area contributed by atoms with Gasteiger partial charge in [-0.15, -0.1) is 0 Å². The van der Waals surface area contributed by atoms with Crippen molar-refractivity contribution >= 4 is 0 Å². The van der Waals surface area contributed by atoms with Crippen LogP contribution in [0.1, 0.15) is 18.9 Å². The Labute approximate surface area is 79.7 Å². The maximum absolute atomic E-state index is 5.26. The molecule has 1 saturated heterocycles. The number of rotatable bonds is 4. The second kappa shape index (κ2) is 3.93. The second-order valence-corrected chi connectivity index (χ2v) is 3.87. The Kier molecular flexibility index (Phi) is 2.65. The predicted molar refractivity (Wildman–Crippen MR) is 53.7 cm³/mol. The molecule has 0 aliphatic carbocycles. The van der Waals surface area contributed by atoms with E-state index in [1.165, 1.54) is 18.4 Å². The van der Waals surface area contributed by atoms with Gasteiger partial charge in [0, 0.05) is 0 Å². The zero-order chi connectivity index (χ0) is 9.10. The summed E-state index contributed by atoms with van der Waals surface area (Å²) in [6, 6.07) is 10.7. The molecule has 2 atom stereocenters. The molecule has 0 aromatic heterocycles. The largest absolute Gasteiger partial charge is 0.373 e. The molecule has 1 nitrogen and oxygen atoms in total. The van der Waals surface area contributed by atoms with Crippen LogP contribution < -0.4 is 0 Å². The minimum atomic E-state index is 0.559. The van der Waals surface area contributed by atoms with Gasteiger partial charge in [0.1, 0.15) is 0 Å². The molecule has 1 aromatic carbocycles. The van der Waals surface area contributed by atoms with Crippen molar-refractivity contribution in [1.82, 2.24) is 0 Å². The van der Waals surface area contributed by atoms with Crippen molar-refractivity contribution in [1.29, 1.82) is 0 Å². The zero-order valence-corrected chi connectivity index (χ0v) is 8.07. The molecular weight excluding hydrogens is 160 g/mol. The van der Waals surface area contributed by atoms with Gasteiger partial charge in [-0.1, -0.05) is 37.3 Å². The van der Waals surface area contributed by atoms with Crippen LogP contribution in [0.5, 0.6) is 0 Å². The third-order valence-corrected chi connectivity index (χ3v) is 2.72. The van der Waals surface area contributed by atoms with Crippen molar-refractivity contribution in [3.8, 4) is 0 Å². The summed E-state index contributed by atoms with van der Waals surface area (Å²) in [7, 11) is 0. The minimum Gasteiger partial charge on any atom is -0.373 e. The fraction of sp³-hybridized carbons (Fsp3) is 0.500. The van der Waals surface area contributed by atoms with Crippen LogP contribution in [0.2, 0.25) is 0 Å². The molecule has 13 heavy (non-hydrogen) atoms. The van der Waals surface area contributed by atoms with Crippen molar-refractivity contribution in [2.24, 2.45) is 5.92 Å². The Balaban J connectivity index is 1.78. The van der Waals surface area contributed by atoms with Crippen LogP contribution in [-0.2, 0) is 11.2 Å². The third-order valence-electron chi connectivity index (χ3n) is 2.72. The van der Waals surface area contributed by atoms with E-state index >= 15 is 0 Å². The molecule has 1 fully saturated rings. The highest BCUT2D eigenvalue weighted by Gasteiger charge is 2.28. The van der Waals surface area contributed by atoms with Gasteiger partial charge in [-0.3, -0.25) is 0 Å². The fourth-order valence-electron chi connectivity index (χ4n) is 1.61. The molecule has 1 heteroatoms. The summed E-state index contributed by atoms with van der Waals surface area (Å²) in [6.45, 7) is 3.26. The van der Waals surface area contributed by atoms with Gasteiger partial charge in [0.15, 0.2) is 0 Å². The lowest BCUT2D eigenvalue weighted by Gasteiger charge is -2.07. The second-order valence-electron chi connectivity index (χ2n) is 3.87. The van der Waals surface area contributed by atoms with E-state index in [9.17, 15) is 0 Å². The van der Waals surface area contributed by atoms with E-state index in [1.807, 2.05) is 0 Å². The maximum Gasteiger partial charge on any atom is 0.0835 e. The lowest BCUT2D eigenvalue weighted by atomic mass is 9.99. The Hall–Kier alpha value is -0.820. The third kappa shape index (κ3) is 2.56. The number of hydrogen-bond acceptors (Lipinski definition) is 1. The van der Waals surface area contributed by atoms with Crippen molar-refractivity contribution in [3.63, 3.8) is 0 Å². The van der Waals surface area contributed by atoms with Crippen molar-refractivity contribution in [2.75, 3.05) is 6.61 Å².